The van der Waals surface area contributed by atoms with Gasteiger partial charge < -0.3 is 4.57 Å². The van der Waals surface area contributed by atoms with Gasteiger partial charge in [-0.1, -0.05) is 43.7 Å². The predicted octanol–water partition coefficient (Wildman–Crippen LogP) is 4.23. The number of aromatic nitrogens is 2. The first-order valence-electron chi connectivity index (χ1n) is 8.90. The van der Waals surface area contributed by atoms with E-state index in [1.54, 1.807) is 0 Å². The molecule has 3 rings (SSSR count). The molecule has 0 spiro atoms. The molecule has 1 saturated heterocycles. The van der Waals surface area contributed by atoms with Crippen molar-refractivity contribution < 1.29 is 0 Å². The van der Waals surface area contributed by atoms with Crippen molar-refractivity contribution in [2.45, 2.75) is 52.6 Å². The van der Waals surface area contributed by atoms with Crippen LogP contribution in [-0.2, 0) is 13.1 Å². The van der Waals surface area contributed by atoms with Gasteiger partial charge >= 0.3 is 0 Å². The van der Waals surface area contributed by atoms with Crippen LogP contribution in [-0.4, -0.2) is 27.5 Å². The monoisotopic (exact) mass is 311 g/mol. The molecule has 0 bridgehead atoms. The van der Waals surface area contributed by atoms with Gasteiger partial charge in [0.1, 0.15) is 5.82 Å². The van der Waals surface area contributed by atoms with Gasteiger partial charge in [0.05, 0.1) is 0 Å². The van der Waals surface area contributed by atoms with Crippen LogP contribution in [0.4, 0.5) is 0 Å². The molecule has 1 aromatic carbocycles. The van der Waals surface area contributed by atoms with Gasteiger partial charge in [0.25, 0.3) is 0 Å². The lowest BCUT2D eigenvalue weighted by atomic mass is 9.96. The van der Waals surface area contributed by atoms with E-state index in [0.717, 1.165) is 19.0 Å². The van der Waals surface area contributed by atoms with Crippen molar-refractivity contribution in [2.75, 3.05) is 13.1 Å². The maximum atomic E-state index is 4.51. The first-order chi connectivity index (χ1) is 11.1. The number of piperidine rings is 1. The number of imidazole rings is 1. The number of nitrogens with zero attached hydrogens (tertiary/aromatic N) is 3. The van der Waals surface area contributed by atoms with Gasteiger partial charge in [-0.25, -0.2) is 4.98 Å². The molecular weight excluding hydrogens is 282 g/mol. The van der Waals surface area contributed by atoms with Crippen molar-refractivity contribution in [1.82, 2.24) is 14.5 Å². The molecule has 2 heterocycles. The minimum Gasteiger partial charge on any atom is -0.334 e. The summed E-state index contributed by atoms with van der Waals surface area (Å²) in [7, 11) is 0. The highest BCUT2D eigenvalue weighted by Gasteiger charge is 2.20. The number of aryl methyl sites for hydroxylation is 1. The molecule has 1 aliphatic rings. The van der Waals surface area contributed by atoms with Gasteiger partial charge in [-0.05, 0) is 44.3 Å². The fourth-order valence-electron chi connectivity index (χ4n) is 3.53. The van der Waals surface area contributed by atoms with Gasteiger partial charge in [0.15, 0.2) is 0 Å². The molecule has 0 N–H and O–H groups in total. The van der Waals surface area contributed by atoms with Gasteiger partial charge in [-0.3, -0.25) is 4.90 Å². The Labute approximate surface area is 140 Å². The van der Waals surface area contributed by atoms with Gasteiger partial charge in [0, 0.05) is 31.4 Å². The highest BCUT2D eigenvalue weighted by Crippen LogP contribution is 2.22. The summed E-state index contributed by atoms with van der Waals surface area (Å²) in [4.78, 5) is 7.11. The summed E-state index contributed by atoms with van der Waals surface area (Å²) >= 11 is 0. The molecular formula is C20H29N3. The normalized spacial score (nSPS) is 17.0. The summed E-state index contributed by atoms with van der Waals surface area (Å²) in [6, 6.07) is 8.97. The van der Waals surface area contributed by atoms with Crippen LogP contribution in [0.2, 0.25) is 0 Å². The quantitative estimate of drug-likeness (QED) is 0.824. The summed E-state index contributed by atoms with van der Waals surface area (Å²) in [5.74, 6) is 2.52. The first kappa shape index (κ1) is 16.3. The second kappa shape index (κ2) is 7.31. The average molecular weight is 311 g/mol. The third kappa shape index (κ3) is 4.23. The van der Waals surface area contributed by atoms with Crippen LogP contribution in [0, 0.1) is 12.8 Å². The number of hydrogen-bond acceptors (Lipinski definition) is 2. The summed E-state index contributed by atoms with van der Waals surface area (Å²) in [5, 5.41) is 0. The van der Waals surface area contributed by atoms with Gasteiger partial charge in [0.2, 0.25) is 0 Å². The van der Waals surface area contributed by atoms with Crippen LogP contribution >= 0.6 is 0 Å². The number of hydrogen-bond donors (Lipinski definition) is 0. The molecule has 1 aromatic heterocycles. The van der Waals surface area contributed by atoms with E-state index >= 15 is 0 Å². The van der Waals surface area contributed by atoms with Crippen molar-refractivity contribution in [3.05, 3.63) is 53.6 Å². The molecule has 23 heavy (non-hydrogen) atoms. The van der Waals surface area contributed by atoms with Crippen molar-refractivity contribution in [3.8, 4) is 0 Å². The Morgan fingerprint density at radius 2 is 1.83 bits per heavy atom. The number of rotatable bonds is 5. The zero-order chi connectivity index (χ0) is 16.2. The SMILES string of the molecule is Cc1ccc(CN2CCC(Cn3ccnc3C(C)C)CC2)cc1. The molecule has 0 aliphatic carbocycles. The van der Waals surface area contributed by atoms with Crippen LogP contribution in [0.25, 0.3) is 0 Å². The second-order valence-corrected chi connectivity index (χ2v) is 7.30. The fraction of sp³-hybridized carbons (Fsp3) is 0.550. The van der Waals surface area contributed by atoms with Crippen molar-refractivity contribution in [2.24, 2.45) is 5.92 Å². The fourth-order valence-corrected chi connectivity index (χ4v) is 3.53. The Morgan fingerprint density at radius 3 is 2.48 bits per heavy atom. The van der Waals surface area contributed by atoms with E-state index in [-0.39, 0.29) is 0 Å². The average Bonchev–Trinajstić information content (AvgIpc) is 3.00. The molecule has 0 amide bonds. The topological polar surface area (TPSA) is 21.1 Å². The smallest absolute Gasteiger partial charge is 0.111 e. The standard InChI is InChI=1S/C20H29N3/c1-16(2)20-21-10-13-23(20)15-19-8-11-22(12-9-19)14-18-6-4-17(3)5-7-18/h4-7,10,13,16,19H,8-9,11-12,14-15H2,1-3H3. The maximum absolute atomic E-state index is 4.51. The van der Waals surface area contributed by atoms with Crippen molar-refractivity contribution in [1.29, 1.82) is 0 Å². The molecule has 124 valence electrons. The first-order valence-corrected chi connectivity index (χ1v) is 8.90. The Kier molecular flexibility index (Phi) is 5.16. The van der Waals surface area contributed by atoms with Crippen LogP contribution in [0.5, 0.6) is 0 Å². The summed E-state index contributed by atoms with van der Waals surface area (Å²) in [6.07, 6.45) is 6.68. The lowest BCUT2D eigenvalue weighted by Gasteiger charge is -2.32. The molecule has 0 saturated carbocycles. The molecule has 3 heteroatoms. The molecule has 0 radical (unpaired) electrons. The third-order valence-electron chi connectivity index (χ3n) is 4.95. The Hall–Kier alpha value is -1.61. The van der Waals surface area contributed by atoms with Gasteiger partial charge in [-0.2, -0.15) is 0 Å². The van der Waals surface area contributed by atoms with E-state index in [1.807, 2.05) is 6.20 Å². The van der Waals surface area contributed by atoms with Crippen LogP contribution in [0.15, 0.2) is 36.7 Å². The maximum Gasteiger partial charge on any atom is 0.111 e. The predicted molar refractivity (Wildman–Crippen MR) is 95.5 cm³/mol. The largest absolute Gasteiger partial charge is 0.334 e. The summed E-state index contributed by atoms with van der Waals surface area (Å²) in [6.45, 7) is 11.2. The second-order valence-electron chi connectivity index (χ2n) is 7.30. The summed E-state index contributed by atoms with van der Waals surface area (Å²) < 4.78 is 2.37. The molecule has 3 nitrogen and oxygen atoms in total. The lowest BCUT2D eigenvalue weighted by Crippen LogP contribution is -2.34. The zero-order valence-electron chi connectivity index (χ0n) is 14.7. The highest BCUT2D eigenvalue weighted by molar-refractivity contribution is 5.21. The minimum atomic E-state index is 0.506. The Balaban J connectivity index is 1.50. The Bertz CT molecular complexity index is 604. The highest BCUT2D eigenvalue weighted by atomic mass is 15.1. The van der Waals surface area contributed by atoms with Gasteiger partial charge in [-0.15, -0.1) is 0 Å². The number of benzene rings is 1. The Morgan fingerprint density at radius 1 is 1.13 bits per heavy atom. The molecule has 1 fully saturated rings. The van der Waals surface area contributed by atoms with Crippen LogP contribution in [0.1, 0.15) is 49.6 Å². The van der Waals surface area contributed by atoms with E-state index in [1.165, 1.54) is 42.9 Å². The van der Waals surface area contributed by atoms with E-state index < -0.39 is 0 Å². The third-order valence-corrected chi connectivity index (χ3v) is 4.95. The number of likely N-dealkylation sites (tertiary alicyclic amines) is 1. The van der Waals surface area contributed by atoms with E-state index in [2.05, 4.69) is 65.7 Å². The van der Waals surface area contributed by atoms with Crippen LogP contribution in [0.3, 0.4) is 0 Å². The molecule has 2 aromatic rings. The van der Waals surface area contributed by atoms with Crippen molar-refractivity contribution >= 4 is 0 Å². The van der Waals surface area contributed by atoms with E-state index in [4.69, 9.17) is 0 Å². The minimum absolute atomic E-state index is 0.506. The van der Waals surface area contributed by atoms with E-state index in [9.17, 15) is 0 Å². The summed E-state index contributed by atoms with van der Waals surface area (Å²) in [5.41, 5.74) is 2.78. The van der Waals surface area contributed by atoms with Crippen LogP contribution < -0.4 is 0 Å². The molecule has 0 unspecified atom stereocenters. The lowest BCUT2D eigenvalue weighted by molar-refractivity contribution is 0.166. The molecule has 1 aliphatic heterocycles. The van der Waals surface area contributed by atoms with E-state index in [0.29, 0.717) is 5.92 Å². The molecule has 0 atom stereocenters. The van der Waals surface area contributed by atoms with Crippen molar-refractivity contribution in [3.63, 3.8) is 0 Å². The zero-order valence-corrected chi connectivity index (χ0v) is 14.7.